The molecule has 1 heterocycles. The molecule has 0 saturated heterocycles. The monoisotopic (exact) mass is 332 g/mol. The van der Waals surface area contributed by atoms with E-state index < -0.39 is 24.4 Å². The van der Waals surface area contributed by atoms with Crippen molar-refractivity contribution in [3.63, 3.8) is 0 Å². The lowest BCUT2D eigenvalue weighted by Crippen LogP contribution is -2.35. The van der Waals surface area contributed by atoms with Crippen LogP contribution in [0.2, 0.25) is 0 Å². The van der Waals surface area contributed by atoms with Gasteiger partial charge in [-0.25, -0.2) is 4.79 Å². The molecule has 0 atom stereocenters. The van der Waals surface area contributed by atoms with Crippen LogP contribution in [0.25, 0.3) is 0 Å². The highest BCUT2D eigenvalue weighted by molar-refractivity contribution is 7.98. The zero-order valence-electron chi connectivity index (χ0n) is 12.7. The minimum atomic E-state index is -0.675. The first kappa shape index (κ1) is 16.8. The van der Waals surface area contributed by atoms with E-state index in [4.69, 9.17) is 4.74 Å². The fraction of sp³-hybridized carbons (Fsp3) is 0.188. The fourth-order valence-electron chi connectivity index (χ4n) is 1.95. The summed E-state index contributed by atoms with van der Waals surface area (Å²) in [6, 6.07) is 10.2. The maximum Gasteiger partial charge on any atom is 0.339 e. The molecule has 0 aliphatic carbocycles. The highest BCUT2D eigenvalue weighted by atomic mass is 32.2. The van der Waals surface area contributed by atoms with E-state index in [9.17, 15) is 14.4 Å². The molecule has 0 aliphatic rings. The number of carbonyl (C=O) groups is 3. The van der Waals surface area contributed by atoms with Gasteiger partial charge in [0.05, 0.1) is 5.56 Å². The standard InChI is InChI=1S/C16H16N2O4S/c1-18-9-5-7-12(18)15(20)17-14(19)10-22-16(21)11-6-3-4-8-13(11)23-2/h3-9H,10H2,1-2H3,(H,17,19,20). The predicted molar refractivity (Wildman–Crippen MR) is 86.4 cm³/mol. The smallest absolute Gasteiger partial charge is 0.339 e. The van der Waals surface area contributed by atoms with Crippen LogP contribution in [0.15, 0.2) is 47.5 Å². The number of carbonyl (C=O) groups excluding carboxylic acids is 3. The number of benzene rings is 1. The van der Waals surface area contributed by atoms with E-state index in [0.717, 1.165) is 4.90 Å². The van der Waals surface area contributed by atoms with Gasteiger partial charge in [0, 0.05) is 18.1 Å². The van der Waals surface area contributed by atoms with E-state index in [1.807, 2.05) is 12.3 Å². The second kappa shape index (κ2) is 7.64. The summed E-state index contributed by atoms with van der Waals surface area (Å²) in [4.78, 5) is 36.3. The molecule has 0 unspecified atom stereocenters. The number of hydrogen-bond acceptors (Lipinski definition) is 5. The minimum absolute atomic E-state index is 0.345. The Morgan fingerprint density at radius 1 is 1.17 bits per heavy atom. The van der Waals surface area contributed by atoms with Crippen molar-refractivity contribution in [1.82, 2.24) is 9.88 Å². The van der Waals surface area contributed by atoms with Gasteiger partial charge in [0.25, 0.3) is 11.8 Å². The van der Waals surface area contributed by atoms with Gasteiger partial charge in [0.1, 0.15) is 5.69 Å². The first-order valence-corrected chi connectivity index (χ1v) is 8.01. The summed E-state index contributed by atoms with van der Waals surface area (Å²) in [7, 11) is 1.69. The number of thioether (sulfide) groups is 1. The molecule has 0 bridgehead atoms. The largest absolute Gasteiger partial charge is 0.452 e. The molecule has 0 radical (unpaired) electrons. The van der Waals surface area contributed by atoms with Crippen LogP contribution >= 0.6 is 11.8 Å². The Morgan fingerprint density at radius 2 is 1.91 bits per heavy atom. The summed E-state index contributed by atoms with van der Waals surface area (Å²) in [6.45, 7) is -0.516. The van der Waals surface area contributed by atoms with Crippen LogP contribution in [0.1, 0.15) is 20.8 Å². The van der Waals surface area contributed by atoms with Gasteiger partial charge in [0.2, 0.25) is 0 Å². The summed E-state index contributed by atoms with van der Waals surface area (Å²) in [6.07, 6.45) is 3.54. The molecular weight excluding hydrogens is 316 g/mol. The normalized spacial score (nSPS) is 10.2. The first-order valence-electron chi connectivity index (χ1n) is 6.78. The van der Waals surface area contributed by atoms with E-state index in [0.29, 0.717) is 11.3 Å². The zero-order valence-corrected chi connectivity index (χ0v) is 13.6. The number of nitrogens with zero attached hydrogens (tertiary/aromatic N) is 1. The number of imide groups is 1. The van der Waals surface area contributed by atoms with Crippen molar-refractivity contribution in [3.05, 3.63) is 53.9 Å². The Morgan fingerprint density at radius 3 is 2.57 bits per heavy atom. The third kappa shape index (κ3) is 4.23. The van der Waals surface area contributed by atoms with Gasteiger partial charge in [-0.15, -0.1) is 11.8 Å². The Kier molecular flexibility index (Phi) is 5.59. The molecule has 2 rings (SSSR count). The number of aryl methyl sites for hydroxylation is 1. The van der Waals surface area contributed by atoms with Crippen molar-refractivity contribution in [1.29, 1.82) is 0 Å². The van der Waals surface area contributed by atoms with Crippen LogP contribution in [0.5, 0.6) is 0 Å². The van der Waals surface area contributed by atoms with E-state index >= 15 is 0 Å². The Hall–Kier alpha value is -2.54. The van der Waals surface area contributed by atoms with E-state index in [-0.39, 0.29) is 0 Å². The SMILES string of the molecule is CSc1ccccc1C(=O)OCC(=O)NC(=O)c1cccn1C. The zero-order chi connectivity index (χ0) is 16.8. The van der Waals surface area contributed by atoms with Crippen molar-refractivity contribution in [2.75, 3.05) is 12.9 Å². The van der Waals surface area contributed by atoms with Crippen molar-refractivity contribution in [3.8, 4) is 0 Å². The molecule has 2 amide bonds. The van der Waals surface area contributed by atoms with Gasteiger partial charge >= 0.3 is 5.97 Å². The second-order valence-electron chi connectivity index (χ2n) is 4.66. The molecule has 6 nitrogen and oxygen atoms in total. The summed E-state index contributed by atoms with van der Waals surface area (Å²) in [5.41, 5.74) is 0.735. The van der Waals surface area contributed by atoms with Gasteiger partial charge in [-0.2, -0.15) is 0 Å². The number of rotatable bonds is 5. The van der Waals surface area contributed by atoms with Crippen LogP contribution in [-0.2, 0) is 16.6 Å². The molecule has 23 heavy (non-hydrogen) atoms. The Labute approximate surface area is 137 Å². The third-order valence-electron chi connectivity index (χ3n) is 3.09. The lowest BCUT2D eigenvalue weighted by molar-refractivity contribution is -0.123. The summed E-state index contributed by atoms with van der Waals surface area (Å²) in [5, 5.41) is 2.18. The number of ether oxygens (including phenoxy) is 1. The minimum Gasteiger partial charge on any atom is -0.452 e. The maximum absolute atomic E-state index is 12.0. The molecule has 1 aromatic carbocycles. The number of nitrogens with one attached hydrogen (secondary N) is 1. The van der Waals surface area contributed by atoms with Crippen LogP contribution in [0, 0.1) is 0 Å². The van der Waals surface area contributed by atoms with Gasteiger partial charge < -0.3 is 9.30 Å². The first-order chi connectivity index (χ1) is 11.0. The van der Waals surface area contributed by atoms with Gasteiger partial charge in [-0.05, 0) is 30.5 Å². The summed E-state index contributed by atoms with van der Waals surface area (Å²) < 4.78 is 6.54. The Bertz CT molecular complexity index is 739. The quantitative estimate of drug-likeness (QED) is 0.668. The van der Waals surface area contributed by atoms with E-state index in [1.54, 1.807) is 48.1 Å². The average Bonchev–Trinajstić information content (AvgIpc) is 2.98. The molecule has 0 spiro atoms. The molecule has 1 N–H and O–H groups in total. The second-order valence-corrected chi connectivity index (χ2v) is 5.51. The molecule has 2 aromatic rings. The molecule has 0 fully saturated rings. The topological polar surface area (TPSA) is 77.4 Å². The molecule has 1 aromatic heterocycles. The van der Waals surface area contributed by atoms with Crippen molar-refractivity contribution in [2.45, 2.75) is 4.90 Å². The average molecular weight is 332 g/mol. The Balaban J connectivity index is 1.90. The van der Waals surface area contributed by atoms with Gasteiger partial charge in [-0.3, -0.25) is 14.9 Å². The van der Waals surface area contributed by atoms with Crippen LogP contribution in [0.3, 0.4) is 0 Å². The molecule has 7 heteroatoms. The van der Waals surface area contributed by atoms with Crippen molar-refractivity contribution in [2.24, 2.45) is 7.05 Å². The number of esters is 1. The summed E-state index contributed by atoms with van der Waals surface area (Å²) >= 11 is 1.41. The van der Waals surface area contributed by atoms with Crippen LogP contribution < -0.4 is 5.32 Å². The molecule has 120 valence electrons. The third-order valence-corrected chi connectivity index (χ3v) is 3.89. The maximum atomic E-state index is 12.0. The highest BCUT2D eigenvalue weighted by Crippen LogP contribution is 2.20. The lowest BCUT2D eigenvalue weighted by atomic mass is 10.2. The number of hydrogen-bond donors (Lipinski definition) is 1. The van der Waals surface area contributed by atoms with E-state index in [2.05, 4.69) is 5.32 Å². The van der Waals surface area contributed by atoms with Crippen molar-refractivity contribution < 1.29 is 19.1 Å². The highest BCUT2D eigenvalue weighted by Gasteiger charge is 2.16. The van der Waals surface area contributed by atoms with E-state index in [1.165, 1.54) is 11.8 Å². The predicted octanol–water partition coefficient (Wildman–Crippen LogP) is 1.86. The van der Waals surface area contributed by atoms with Gasteiger partial charge in [-0.1, -0.05) is 12.1 Å². The number of aromatic nitrogens is 1. The fourth-order valence-corrected chi connectivity index (χ4v) is 2.53. The molecule has 0 aliphatic heterocycles. The molecular formula is C16H16N2O4S. The van der Waals surface area contributed by atoms with Crippen LogP contribution in [0.4, 0.5) is 0 Å². The van der Waals surface area contributed by atoms with Crippen molar-refractivity contribution >= 4 is 29.5 Å². The summed E-state index contributed by atoms with van der Waals surface area (Å²) in [5.74, 6) is -1.81. The molecule has 0 saturated carbocycles. The lowest BCUT2D eigenvalue weighted by Gasteiger charge is -2.08. The van der Waals surface area contributed by atoms with Gasteiger partial charge in [0.15, 0.2) is 6.61 Å². The van der Waals surface area contributed by atoms with Crippen LogP contribution in [-0.4, -0.2) is 35.2 Å². The number of amides is 2.